The maximum absolute atomic E-state index is 5.37. The van der Waals surface area contributed by atoms with Crippen molar-refractivity contribution in [1.29, 1.82) is 0 Å². The fourth-order valence-corrected chi connectivity index (χ4v) is 2.77. The van der Waals surface area contributed by atoms with Crippen LogP contribution in [-0.4, -0.2) is 37.8 Å². The molecule has 0 atom stereocenters. The Morgan fingerprint density at radius 2 is 2.18 bits per heavy atom. The third-order valence-electron chi connectivity index (χ3n) is 4.12. The molecule has 3 aromatic heterocycles. The zero-order chi connectivity index (χ0) is 15.1. The van der Waals surface area contributed by atoms with Gasteiger partial charge >= 0.3 is 0 Å². The first-order valence-electron chi connectivity index (χ1n) is 7.56. The van der Waals surface area contributed by atoms with Crippen molar-refractivity contribution in [3.05, 3.63) is 29.5 Å². The molecule has 4 rings (SSSR count). The van der Waals surface area contributed by atoms with E-state index in [-0.39, 0.29) is 0 Å². The van der Waals surface area contributed by atoms with Crippen LogP contribution in [-0.2, 0) is 6.42 Å². The average Bonchev–Trinajstić information content (AvgIpc) is 3.03. The molecule has 114 valence electrons. The summed E-state index contributed by atoms with van der Waals surface area (Å²) in [6, 6.07) is 2.00. The summed E-state index contributed by atoms with van der Waals surface area (Å²) in [6.45, 7) is 6.17. The average molecular weight is 298 g/mol. The summed E-state index contributed by atoms with van der Waals surface area (Å²) < 4.78 is 7.17. The Bertz CT molecular complexity index is 817. The highest BCUT2D eigenvalue weighted by Crippen LogP contribution is 2.22. The Morgan fingerprint density at radius 3 is 2.95 bits per heavy atom. The molecule has 1 aliphatic rings. The van der Waals surface area contributed by atoms with Crippen molar-refractivity contribution in [2.24, 2.45) is 5.92 Å². The molecule has 0 radical (unpaired) electrons. The van der Waals surface area contributed by atoms with Crippen molar-refractivity contribution < 1.29 is 4.52 Å². The molecule has 1 saturated heterocycles. The number of rotatable bonds is 4. The quantitative estimate of drug-likeness (QED) is 0.787. The first-order valence-corrected chi connectivity index (χ1v) is 7.56. The van der Waals surface area contributed by atoms with Crippen LogP contribution in [0, 0.1) is 19.8 Å². The van der Waals surface area contributed by atoms with E-state index >= 15 is 0 Å². The van der Waals surface area contributed by atoms with E-state index < -0.39 is 0 Å². The minimum atomic E-state index is 0.564. The number of hydrogen-bond donors (Lipinski definition) is 1. The molecule has 0 amide bonds. The molecule has 0 unspecified atom stereocenters. The molecule has 7 nitrogen and oxygen atoms in total. The third kappa shape index (κ3) is 2.27. The Labute approximate surface area is 127 Å². The number of nitrogens with zero attached hydrogens (tertiary/aromatic N) is 5. The Balaban J connectivity index is 1.62. The van der Waals surface area contributed by atoms with Gasteiger partial charge in [-0.1, -0.05) is 5.16 Å². The van der Waals surface area contributed by atoms with Gasteiger partial charge in [0.05, 0.1) is 11.8 Å². The van der Waals surface area contributed by atoms with Crippen LogP contribution in [0.25, 0.3) is 17.0 Å². The molecule has 0 spiro atoms. The van der Waals surface area contributed by atoms with Gasteiger partial charge in [0.25, 0.3) is 0 Å². The van der Waals surface area contributed by atoms with Gasteiger partial charge in [0, 0.05) is 17.8 Å². The van der Waals surface area contributed by atoms with Gasteiger partial charge in [0.2, 0.25) is 11.7 Å². The molecule has 1 aliphatic heterocycles. The largest absolute Gasteiger partial charge is 0.339 e. The topological polar surface area (TPSA) is 81.1 Å². The lowest BCUT2D eigenvalue weighted by Gasteiger charge is -2.26. The van der Waals surface area contributed by atoms with Gasteiger partial charge in [-0.15, -0.1) is 0 Å². The summed E-state index contributed by atoms with van der Waals surface area (Å²) in [4.78, 5) is 9.05. The molecule has 4 heterocycles. The van der Waals surface area contributed by atoms with Gasteiger partial charge in [-0.3, -0.25) is 0 Å². The van der Waals surface area contributed by atoms with Crippen LogP contribution in [0.15, 0.2) is 16.8 Å². The lowest BCUT2D eigenvalue weighted by molar-refractivity contribution is 0.305. The molecule has 0 aromatic carbocycles. The van der Waals surface area contributed by atoms with E-state index in [1.165, 1.54) is 0 Å². The lowest BCUT2D eigenvalue weighted by Crippen LogP contribution is -2.42. The predicted molar refractivity (Wildman–Crippen MR) is 80.4 cm³/mol. The van der Waals surface area contributed by atoms with E-state index in [0.717, 1.165) is 54.4 Å². The van der Waals surface area contributed by atoms with Gasteiger partial charge in [-0.05, 0) is 45.3 Å². The number of hydrogen-bond acceptors (Lipinski definition) is 6. The van der Waals surface area contributed by atoms with Crippen LogP contribution in [0.3, 0.4) is 0 Å². The molecule has 22 heavy (non-hydrogen) atoms. The second kappa shape index (κ2) is 5.17. The normalized spacial score (nSPS) is 15.4. The maximum atomic E-state index is 5.37. The molecule has 0 aliphatic carbocycles. The predicted octanol–water partition coefficient (Wildman–Crippen LogP) is 1.55. The van der Waals surface area contributed by atoms with Crippen LogP contribution >= 0.6 is 0 Å². The minimum Gasteiger partial charge on any atom is -0.339 e. The number of nitrogens with one attached hydrogen (secondary N) is 1. The smallest absolute Gasteiger partial charge is 0.226 e. The Morgan fingerprint density at radius 1 is 1.32 bits per heavy atom. The summed E-state index contributed by atoms with van der Waals surface area (Å²) in [7, 11) is 0. The molecule has 3 aromatic rings. The maximum Gasteiger partial charge on any atom is 0.226 e. The van der Waals surface area contributed by atoms with E-state index in [4.69, 9.17) is 4.52 Å². The summed E-state index contributed by atoms with van der Waals surface area (Å²) in [5, 5.41) is 11.7. The summed E-state index contributed by atoms with van der Waals surface area (Å²) >= 11 is 0. The van der Waals surface area contributed by atoms with Gasteiger partial charge in [-0.25, -0.2) is 9.50 Å². The first-order chi connectivity index (χ1) is 10.7. The fraction of sp³-hybridized carbons (Fsp3) is 0.467. The van der Waals surface area contributed by atoms with Crippen molar-refractivity contribution in [3.8, 4) is 11.4 Å². The van der Waals surface area contributed by atoms with Crippen LogP contribution in [0.4, 0.5) is 0 Å². The van der Waals surface area contributed by atoms with Crippen molar-refractivity contribution in [1.82, 2.24) is 30.1 Å². The molecular weight excluding hydrogens is 280 g/mol. The van der Waals surface area contributed by atoms with Crippen LogP contribution in [0.1, 0.15) is 23.7 Å². The lowest BCUT2D eigenvalue weighted by atomic mass is 9.98. The van der Waals surface area contributed by atoms with Gasteiger partial charge in [-0.2, -0.15) is 10.1 Å². The molecule has 0 bridgehead atoms. The summed E-state index contributed by atoms with van der Waals surface area (Å²) in [6.07, 6.45) is 3.66. The van der Waals surface area contributed by atoms with E-state index in [2.05, 4.69) is 25.5 Å². The standard InChI is InChI=1S/C15H18N6O/c1-9-5-10(2)21-15(18-9)12(8-17-21)14-19-13(22-20-14)4-3-11-6-16-7-11/h5,8,11,16H,3-4,6-7H2,1-2H3. The number of fused-ring (bicyclic) bond motifs is 1. The van der Waals surface area contributed by atoms with Crippen LogP contribution in [0.5, 0.6) is 0 Å². The van der Waals surface area contributed by atoms with Crippen molar-refractivity contribution in [2.45, 2.75) is 26.7 Å². The molecule has 1 fully saturated rings. The molecule has 0 saturated carbocycles. The SMILES string of the molecule is Cc1cc(C)n2ncc(-c3noc(CCC4CNC4)n3)c2n1. The second-order valence-corrected chi connectivity index (χ2v) is 5.91. The van der Waals surface area contributed by atoms with Gasteiger partial charge in [0.15, 0.2) is 5.65 Å². The minimum absolute atomic E-state index is 0.564. The van der Waals surface area contributed by atoms with Gasteiger partial charge in [0.1, 0.15) is 0 Å². The van der Waals surface area contributed by atoms with Crippen molar-refractivity contribution >= 4 is 5.65 Å². The molecular formula is C15H18N6O. The highest BCUT2D eigenvalue weighted by atomic mass is 16.5. The third-order valence-corrected chi connectivity index (χ3v) is 4.12. The summed E-state index contributed by atoms with van der Waals surface area (Å²) in [5.41, 5.74) is 3.57. The monoisotopic (exact) mass is 298 g/mol. The highest BCUT2D eigenvalue weighted by Gasteiger charge is 2.19. The van der Waals surface area contributed by atoms with Crippen molar-refractivity contribution in [2.75, 3.05) is 13.1 Å². The second-order valence-electron chi connectivity index (χ2n) is 5.91. The zero-order valence-electron chi connectivity index (χ0n) is 12.7. The summed E-state index contributed by atoms with van der Waals surface area (Å²) in [5.74, 6) is 1.99. The van der Waals surface area contributed by atoms with E-state index in [1.807, 2.05) is 19.9 Å². The van der Waals surface area contributed by atoms with E-state index in [9.17, 15) is 0 Å². The van der Waals surface area contributed by atoms with Crippen LogP contribution in [0.2, 0.25) is 0 Å². The Hall–Kier alpha value is -2.28. The Kier molecular flexibility index (Phi) is 3.15. The van der Waals surface area contributed by atoms with Gasteiger partial charge < -0.3 is 9.84 Å². The van der Waals surface area contributed by atoms with E-state index in [0.29, 0.717) is 11.7 Å². The van der Waals surface area contributed by atoms with Crippen LogP contribution < -0.4 is 5.32 Å². The zero-order valence-corrected chi connectivity index (χ0v) is 12.7. The number of aromatic nitrogens is 5. The van der Waals surface area contributed by atoms with E-state index in [1.54, 1.807) is 10.7 Å². The first kappa shape index (κ1) is 13.4. The highest BCUT2D eigenvalue weighted by molar-refractivity contribution is 5.72. The van der Waals surface area contributed by atoms with Crippen molar-refractivity contribution in [3.63, 3.8) is 0 Å². The molecule has 7 heteroatoms. The molecule has 1 N–H and O–H groups in total. The number of aryl methyl sites for hydroxylation is 3. The fourth-order valence-electron chi connectivity index (χ4n) is 2.77.